The summed E-state index contributed by atoms with van der Waals surface area (Å²) < 4.78 is 0. The van der Waals surface area contributed by atoms with Crippen LogP contribution >= 0.6 is 0 Å². The zero-order valence-electron chi connectivity index (χ0n) is 15.3. The number of aromatic amines is 1. The van der Waals surface area contributed by atoms with Crippen LogP contribution in [-0.2, 0) is 7.05 Å². The minimum Gasteiger partial charge on any atom is -0.390 e. The van der Waals surface area contributed by atoms with Crippen molar-refractivity contribution in [3.05, 3.63) is 18.5 Å². The van der Waals surface area contributed by atoms with Gasteiger partial charge in [-0.3, -0.25) is 0 Å². The molecule has 4 fully saturated rings. The molecule has 3 aromatic heterocycles. The molecule has 27 heavy (non-hydrogen) atoms. The van der Waals surface area contributed by atoms with Crippen molar-refractivity contribution in [2.24, 2.45) is 24.8 Å². The number of aryl methyl sites for hydroxylation is 1. The molecule has 7 rings (SSSR count). The van der Waals surface area contributed by atoms with Crippen molar-refractivity contribution in [3.8, 4) is 11.4 Å². The molecule has 3 N–H and O–H groups in total. The number of hydrogen-bond acceptors (Lipinski definition) is 6. The maximum Gasteiger partial charge on any atom is 0.208 e. The summed E-state index contributed by atoms with van der Waals surface area (Å²) in [6.07, 6.45) is 9.00. The molecule has 8 nitrogen and oxygen atoms in total. The van der Waals surface area contributed by atoms with Crippen molar-refractivity contribution < 1.29 is 5.11 Å². The van der Waals surface area contributed by atoms with Gasteiger partial charge in [-0.2, -0.15) is 4.80 Å². The normalized spacial score (nSPS) is 34.4. The summed E-state index contributed by atoms with van der Waals surface area (Å²) in [6, 6.07) is 2.42. The zero-order valence-corrected chi connectivity index (χ0v) is 15.3. The number of fused-ring (bicyclic) bond motifs is 1. The maximum absolute atomic E-state index is 10.9. The predicted molar refractivity (Wildman–Crippen MR) is 99.8 cm³/mol. The van der Waals surface area contributed by atoms with E-state index in [4.69, 9.17) is 0 Å². The Labute approximate surface area is 156 Å². The van der Waals surface area contributed by atoms with E-state index in [1.54, 1.807) is 7.05 Å². The molecule has 1 unspecified atom stereocenters. The first-order chi connectivity index (χ1) is 13.1. The summed E-state index contributed by atoms with van der Waals surface area (Å²) in [6.45, 7) is 0. The molecule has 0 amide bonds. The summed E-state index contributed by atoms with van der Waals surface area (Å²) in [4.78, 5) is 9.20. The molecule has 140 valence electrons. The van der Waals surface area contributed by atoms with E-state index in [1.807, 2.05) is 18.5 Å². The first-order valence-corrected chi connectivity index (χ1v) is 9.77. The SMILES string of the molecule is Cn1nnc(-c2cnc3[nH]ccc3c2N[C@H]2[C@@H]3CC4C[C@H]2C[C@](O)(C4)C3)n1. The topological polar surface area (TPSA) is 105 Å². The molecular weight excluding hydrogens is 342 g/mol. The smallest absolute Gasteiger partial charge is 0.208 e. The lowest BCUT2D eigenvalue weighted by Gasteiger charge is -2.58. The van der Waals surface area contributed by atoms with Gasteiger partial charge >= 0.3 is 0 Å². The first kappa shape index (κ1) is 15.6. The third-order valence-electron chi connectivity index (χ3n) is 6.89. The van der Waals surface area contributed by atoms with E-state index in [0.29, 0.717) is 29.6 Å². The second-order valence-electron chi connectivity index (χ2n) is 8.75. The molecule has 5 atom stereocenters. The summed E-state index contributed by atoms with van der Waals surface area (Å²) >= 11 is 0. The van der Waals surface area contributed by atoms with E-state index in [0.717, 1.165) is 41.5 Å². The van der Waals surface area contributed by atoms with Crippen molar-refractivity contribution in [1.82, 2.24) is 30.2 Å². The number of rotatable bonds is 3. The van der Waals surface area contributed by atoms with Crippen LogP contribution in [0.15, 0.2) is 18.5 Å². The molecule has 0 aliphatic heterocycles. The Bertz CT molecular complexity index is 1010. The second-order valence-corrected chi connectivity index (χ2v) is 8.75. The van der Waals surface area contributed by atoms with Gasteiger partial charge < -0.3 is 15.4 Å². The van der Waals surface area contributed by atoms with Crippen molar-refractivity contribution in [3.63, 3.8) is 0 Å². The zero-order chi connectivity index (χ0) is 18.2. The lowest BCUT2D eigenvalue weighted by atomic mass is 9.52. The van der Waals surface area contributed by atoms with Gasteiger partial charge in [-0.05, 0) is 61.1 Å². The Kier molecular flexibility index (Phi) is 3.05. The molecule has 0 aromatic carbocycles. The number of pyridine rings is 1. The van der Waals surface area contributed by atoms with Gasteiger partial charge in [-0.1, -0.05) is 0 Å². The highest BCUT2D eigenvalue weighted by Gasteiger charge is 2.54. The third-order valence-corrected chi connectivity index (χ3v) is 6.89. The lowest BCUT2D eigenvalue weighted by molar-refractivity contribution is -0.129. The van der Waals surface area contributed by atoms with Gasteiger partial charge in [-0.25, -0.2) is 4.98 Å². The summed E-state index contributed by atoms with van der Waals surface area (Å²) in [5, 5.41) is 28.4. The minimum atomic E-state index is -0.425. The number of tetrazole rings is 1. The maximum atomic E-state index is 10.9. The Balaban J connectivity index is 1.43. The monoisotopic (exact) mass is 365 g/mol. The van der Waals surface area contributed by atoms with E-state index < -0.39 is 5.60 Å². The Hall–Kier alpha value is -2.48. The van der Waals surface area contributed by atoms with Gasteiger partial charge in [0.25, 0.3) is 0 Å². The number of hydrogen-bond donors (Lipinski definition) is 3. The van der Waals surface area contributed by atoms with Gasteiger partial charge in [0.1, 0.15) is 5.65 Å². The average molecular weight is 365 g/mol. The van der Waals surface area contributed by atoms with Crippen LogP contribution in [0.2, 0.25) is 0 Å². The van der Waals surface area contributed by atoms with Crippen LogP contribution in [0, 0.1) is 17.8 Å². The highest BCUT2D eigenvalue weighted by molar-refractivity contribution is 5.97. The van der Waals surface area contributed by atoms with Crippen LogP contribution in [0.4, 0.5) is 5.69 Å². The number of anilines is 1. The summed E-state index contributed by atoms with van der Waals surface area (Å²) in [7, 11) is 1.77. The molecule has 4 bridgehead atoms. The van der Waals surface area contributed by atoms with Crippen LogP contribution in [0.1, 0.15) is 32.1 Å². The number of H-pyrrole nitrogens is 1. The van der Waals surface area contributed by atoms with Gasteiger partial charge in [0, 0.05) is 23.8 Å². The summed E-state index contributed by atoms with van der Waals surface area (Å²) in [5.41, 5.74) is 2.33. The third kappa shape index (κ3) is 2.32. The molecule has 0 saturated heterocycles. The molecule has 4 aliphatic rings. The van der Waals surface area contributed by atoms with Gasteiger partial charge in [0.2, 0.25) is 5.82 Å². The Morgan fingerprint density at radius 2 is 2.07 bits per heavy atom. The minimum absolute atomic E-state index is 0.373. The quantitative estimate of drug-likeness (QED) is 0.657. The number of aromatic nitrogens is 6. The predicted octanol–water partition coefficient (Wildman–Crippen LogP) is 2.10. The van der Waals surface area contributed by atoms with Crippen molar-refractivity contribution >= 4 is 16.7 Å². The summed E-state index contributed by atoms with van der Waals surface area (Å²) in [5.74, 6) is 2.31. The van der Waals surface area contributed by atoms with Gasteiger partial charge in [0.05, 0.1) is 23.9 Å². The van der Waals surface area contributed by atoms with Crippen molar-refractivity contribution in [2.45, 2.75) is 43.7 Å². The fraction of sp³-hybridized carbons (Fsp3) is 0.579. The lowest BCUT2D eigenvalue weighted by Crippen LogP contribution is -2.59. The van der Waals surface area contributed by atoms with Crippen LogP contribution in [-0.4, -0.2) is 46.9 Å². The van der Waals surface area contributed by atoms with E-state index >= 15 is 0 Å². The Morgan fingerprint density at radius 1 is 1.26 bits per heavy atom. The largest absolute Gasteiger partial charge is 0.390 e. The average Bonchev–Trinajstić information content (AvgIpc) is 3.25. The van der Waals surface area contributed by atoms with Gasteiger partial charge in [0.15, 0.2) is 0 Å². The molecule has 4 saturated carbocycles. The van der Waals surface area contributed by atoms with E-state index in [9.17, 15) is 5.11 Å². The van der Waals surface area contributed by atoms with E-state index in [2.05, 4.69) is 30.7 Å². The molecule has 3 aromatic rings. The Morgan fingerprint density at radius 3 is 2.78 bits per heavy atom. The fourth-order valence-corrected chi connectivity index (χ4v) is 6.11. The van der Waals surface area contributed by atoms with Crippen LogP contribution in [0.25, 0.3) is 22.4 Å². The molecule has 0 radical (unpaired) electrons. The molecule has 8 heteroatoms. The highest BCUT2D eigenvalue weighted by Crippen LogP contribution is 2.56. The van der Waals surface area contributed by atoms with Crippen LogP contribution in [0.3, 0.4) is 0 Å². The fourth-order valence-electron chi connectivity index (χ4n) is 6.11. The van der Waals surface area contributed by atoms with Gasteiger partial charge in [-0.15, -0.1) is 10.2 Å². The molecule has 3 heterocycles. The van der Waals surface area contributed by atoms with Crippen molar-refractivity contribution in [2.75, 3.05) is 5.32 Å². The van der Waals surface area contributed by atoms with Crippen molar-refractivity contribution in [1.29, 1.82) is 0 Å². The van der Waals surface area contributed by atoms with E-state index in [1.165, 1.54) is 17.6 Å². The highest BCUT2D eigenvalue weighted by atomic mass is 16.3. The van der Waals surface area contributed by atoms with Crippen LogP contribution < -0.4 is 5.32 Å². The molecule has 4 aliphatic carbocycles. The number of nitrogens with one attached hydrogen (secondary N) is 2. The van der Waals surface area contributed by atoms with Crippen LogP contribution in [0.5, 0.6) is 0 Å². The number of aliphatic hydroxyl groups is 1. The van der Waals surface area contributed by atoms with E-state index in [-0.39, 0.29) is 0 Å². The standard InChI is InChI=1S/C19H23N7O/c1-26-24-18(23-25-26)14-9-21-17-13(2-3-20-17)16(14)22-15-11-4-10-5-12(15)8-19(27,6-10)7-11/h2-3,9-12,15,27H,4-8H2,1H3,(H2,20,21,22)/t10?,11-,12+,15+,19+. The molecule has 0 spiro atoms. The second kappa shape index (κ2) is 5.28. The first-order valence-electron chi connectivity index (χ1n) is 9.77. The molecular formula is C19H23N7O. The number of nitrogens with zero attached hydrogens (tertiary/aromatic N) is 5.